The smallest absolute Gasteiger partial charge is 0.359 e. The highest BCUT2D eigenvalue weighted by Crippen LogP contribution is 2.16. The molecular weight excluding hydrogens is 236 g/mol. The van der Waals surface area contributed by atoms with Crippen molar-refractivity contribution < 1.29 is 19.1 Å². The molecule has 1 N–H and O–H groups in total. The second-order valence-electron chi connectivity index (χ2n) is 3.62. The van der Waals surface area contributed by atoms with E-state index in [9.17, 15) is 9.59 Å². The maximum absolute atomic E-state index is 11.7. The zero-order valence-corrected chi connectivity index (χ0v) is 10.9. The summed E-state index contributed by atoms with van der Waals surface area (Å²) in [6.45, 7) is 5.94. The Kier molecular flexibility index (Phi) is 5.35. The molecule has 18 heavy (non-hydrogen) atoms. The SMILES string of the molecule is CCCc1c(C(=O)OCC)n[nH]c1C(=O)OCC. The fourth-order valence-electron chi connectivity index (χ4n) is 1.60. The van der Waals surface area contributed by atoms with Crippen LogP contribution < -0.4 is 0 Å². The van der Waals surface area contributed by atoms with Crippen LogP contribution in [0.5, 0.6) is 0 Å². The number of hydrogen-bond donors (Lipinski definition) is 1. The number of nitrogens with one attached hydrogen (secondary N) is 1. The Morgan fingerprint density at radius 1 is 1.11 bits per heavy atom. The van der Waals surface area contributed by atoms with Crippen LogP contribution in [0.3, 0.4) is 0 Å². The molecule has 0 radical (unpaired) electrons. The van der Waals surface area contributed by atoms with Gasteiger partial charge in [0.15, 0.2) is 5.69 Å². The van der Waals surface area contributed by atoms with Crippen LogP contribution in [0, 0.1) is 0 Å². The van der Waals surface area contributed by atoms with Crippen molar-refractivity contribution in [1.82, 2.24) is 10.2 Å². The number of carbonyl (C=O) groups is 2. The van der Waals surface area contributed by atoms with Crippen LogP contribution in [0.2, 0.25) is 0 Å². The molecule has 0 aliphatic heterocycles. The lowest BCUT2D eigenvalue weighted by atomic mass is 10.1. The van der Waals surface area contributed by atoms with Crippen LogP contribution in [0.1, 0.15) is 53.7 Å². The van der Waals surface area contributed by atoms with Gasteiger partial charge in [0.25, 0.3) is 0 Å². The minimum atomic E-state index is -0.521. The Hall–Kier alpha value is -1.85. The summed E-state index contributed by atoms with van der Waals surface area (Å²) in [6, 6.07) is 0. The molecule has 1 rings (SSSR count). The Labute approximate surface area is 106 Å². The minimum Gasteiger partial charge on any atom is -0.461 e. The number of H-pyrrole nitrogens is 1. The van der Waals surface area contributed by atoms with E-state index in [4.69, 9.17) is 9.47 Å². The largest absolute Gasteiger partial charge is 0.461 e. The molecule has 6 nitrogen and oxygen atoms in total. The lowest BCUT2D eigenvalue weighted by Gasteiger charge is -2.04. The van der Waals surface area contributed by atoms with Gasteiger partial charge in [-0.15, -0.1) is 0 Å². The molecule has 0 atom stereocenters. The van der Waals surface area contributed by atoms with Crippen molar-refractivity contribution in [2.24, 2.45) is 0 Å². The highest BCUT2D eigenvalue weighted by atomic mass is 16.5. The summed E-state index contributed by atoms with van der Waals surface area (Å²) in [5, 5.41) is 6.41. The van der Waals surface area contributed by atoms with Gasteiger partial charge in [0.05, 0.1) is 13.2 Å². The van der Waals surface area contributed by atoms with Crippen LogP contribution in [-0.4, -0.2) is 35.3 Å². The van der Waals surface area contributed by atoms with Gasteiger partial charge in [-0.3, -0.25) is 5.10 Å². The van der Waals surface area contributed by atoms with Gasteiger partial charge in [-0.25, -0.2) is 9.59 Å². The first-order valence-electron chi connectivity index (χ1n) is 6.07. The number of rotatable bonds is 6. The molecule has 100 valence electrons. The van der Waals surface area contributed by atoms with Crippen LogP contribution in [0.4, 0.5) is 0 Å². The number of carbonyl (C=O) groups excluding carboxylic acids is 2. The number of hydrogen-bond acceptors (Lipinski definition) is 5. The summed E-state index contributed by atoms with van der Waals surface area (Å²) in [6.07, 6.45) is 1.36. The summed E-state index contributed by atoms with van der Waals surface area (Å²) in [5.41, 5.74) is 0.970. The molecule has 1 aromatic rings. The van der Waals surface area contributed by atoms with E-state index in [1.807, 2.05) is 6.92 Å². The molecule has 0 unspecified atom stereocenters. The Bertz CT molecular complexity index is 390. The maximum atomic E-state index is 11.7. The first-order chi connectivity index (χ1) is 8.65. The zero-order chi connectivity index (χ0) is 13.5. The number of esters is 2. The summed E-state index contributed by atoms with van der Waals surface area (Å²) in [4.78, 5) is 23.4. The van der Waals surface area contributed by atoms with E-state index in [0.29, 0.717) is 12.0 Å². The molecule has 6 heteroatoms. The van der Waals surface area contributed by atoms with E-state index < -0.39 is 11.9 Å². The normalized spacial score (nSPS) is 10.2. The van der Waals surface area contributed by atoms with Crippen LogP contribution in [-0.2, 0) is 15.9 Å². The van der Waals surface area contributed by atoms with Crippen molar-refractivity contribution in [2.45, 2.75) is 33.6 Å². The summed E-state index contributed by atoms with van der Waals surface area (Å²) >= 11 is 0. The fourth-order valence-corrected chi connectivity index (χ4v) is 1.60. The lowest BCUT2D eigenvalue weighted by Crippen LogP contribution is -2.11. The second-order valence-corrected chi connectivity index (χ2v) is 3.62. The number of aromatic amines is 1. The van der Waals surface area contributed by atoms with Gasteiger partial charge in [0.2, 0.25) is 0 Å². The summed E-state index contributed by atoms with van der Waals surface area (Å²) < 4.78 is 9.80. The van der Waals surface area contributed by atoms with Crippen molar-refractivity contribution in [3.63, 3.8) is 0 Å². The highest BCUT2D eigenvalue weighted by molar-refractivity contribution is 5.95. The summed E-state index contributed by atoms with van der Waals surface area (Å²) in [7, 11) is 0. The second kappa shape index (κ2) is 6.78. The number of nitrogens with zero attached hydrogens (tertiary/aromatic N) is 1. The number of ether oxygens (including phenoxy) is 2. The zero-order valence-electron chi connectivity index (χ0n) is 10.9. The Balaban J connectivity index is 3.05. The number of aromatic nitrogens is 2. The molecule has 0 aromatic carbocycles. The van der Waals surface area contributed by atoms with Crippen LogP contribution in [0.15, 0.2) is 0 Å². The molecule has 0 bridgehead atoms. The van der Waals surface area contributed by atoms with Crippen molar-refractivity contribution >= 4 is 11.9 Å². The van der Waals surface area contributed by atoms with E-state index in [1.54, 1.807) is 13.8 Å². The minimum absolute atomic E-state index is 0.168. The third kappa shape index (κ3) is 3.09. The Morgan fingerprint density at radius 2 is 1.72 bits per heavy atom. The van der Waals surface area contributed by atoms with Gasteiger partial charge >= 0.3 is 11.9 Å². The molecular formula is C12H18N2O4. The van der Waals surface area contributed by atoms with Gasteiger partial charge in [-0.05, 0) is 20.3 Å². The molecule has 0 saturated heterocycles. The summed E-state index contributed by atoms with van der Waals surface area (Å²) in [5.74, 6) is -1.02. The average molecular weight is 254 g/mol. The lowest BCUT2D eigenvalue weighted by molar-refractivity contribution is 0.0513. The van der Waals surface area contributed by atoms with Crippen LogP contribution in [0.25, 0.3) is 0 Å². The van der Waals surface area contributed by atoms with Crippen molar-refractivity contribution in [3.8, 4) is 0 Å². The van der Waals surface area contributed by atoms with E-state index in [-0.39, 0.29) is 24.6 Å². The molecule has 1 aromatic heterocycles. The van der Waals surface area contributed by atoms with Gasteiger partial charge in [-0.2, -0.15) is 5.10 Å². The molecule has 0 aliphatic carbocycles. The Morgan fingerprint density at radius 3 is 2.28 bits per heavy atom. The standard InChI is InChI=1S/C12H18N2O4/c1-4-7-8-9(11(15)17-5-2)13-14-10(8)12(16)18-6-3/h4-7H2,1-3H3,(H,13,14). The predicted molar refractivity (Wildman–Crippen MR) is 64.5 cm³/mol. The van der Waals surface area contributed by atoms with E-state index in [0.717, 1.165) is 6.42 Å². The predicted octanol–water partition coefficient (Wildman–Crippen LogP) is 1.72. The first-order valence-corrected chi connectivity index (χ1v) is 6.07. The molecule has 0 aliphatic rings. The van der Waals surface area contributed by atoms with Crippen molar-refractivity contribution in [2.75, 3.05) is 13.2 Å². The van der Waals surface area contributed by atoms with Crippen molar-refractivity contribution in [3.05, 3.63) is 17.0 Å². The van der Waals surface area contributed by atoms with Crippen LogP contribution >= 0.6 is 0 Å². The topological polar surface area (TPSA) is 81.3 Å². The molecule has 0 saturated carbocycles. The highest BCUT2D eigenvalue weighted by Gasteiger charge is 2.24. The van der Waals surface area contributed by atoms with Gasteiger partial charge in [0, 0.05) is 5.56 Å². The quantitative estimate of drug-likeness (QED) is 0.781. The van der Waals surface area contributed by atoms with E-state index >= 15 is 0 Å². The van der Waals surface area contributed by atoms with E-state index in [1.165, 1.54) is 0 Å². The third-order valence-electron chi connectivity index (χ3n) is 2.32. The molecule has 0 spiro atoms. The molecule has 0 amide bonds. The van der Waals surface area contributed by atoms with Gasteiger partial charge in [-0.1, -0.05) is 13.3 Å². The first kappa shape index (κ1) is 14.2. The fraction of sp³-hybridized carbons (Fsp3) is 0.583. The average Bonchev–Trinajstić information content (AvgIpc) is 2.74. The molecule has 1 heterocycles. The van der Waals surface area contributed by atoms with Crippen molar-refractivity contribution in [1.29, 1.82) is 0 Å². The van der Waals surface area contributed by atoms with Gasteiger partial charge in [0.1, 0.15) is 5.69 Å². The third-order valence-corrected chi connectivity index (χ3v) is 2.32. The van der Waals surface area contributed by atoms with Gasteiger partial charge < -0.3 is 9.47 Å². The maximum Gasteiger partial charge on any atom is 0.359 e. The van der Waals surface area contributed by atoms with E-state index in [2.05, 4.69) is 10.2 Å². The molecule has 0 fully saturated rings. The monoisotopic (exact) mass is 254 g/mol.